The monoisotopic (exact) mass is 445 g/mol. The zero-order chi connectivity index (χ0) is 23.2. The van der Waals surface area contributed by atoms with Gasteiger partial charge in [0.25, 0.3) is 5.56 Å². The van der Waals surface area contributed by atoms with Crippen molar-refractivity contribution in [2.75, 3.05) is 27.2 Å². The van der Waals surface area contributed by atoms with Gasteiger partial charge in [0, 0.05) is 37.3 Å². The molecule has 4 aromatic rings. The molecule has 170 valence electrons. The van der Waals surface area contributed by atoms with Gasteiger partial charge in [-0.3, -0.25) is 14.6 Å². The maximum atomic E-state index is 13.3. The fraction of sp³-hybridized carbons (Fsp3) is 0.280. The van der Waals surface area contributed by atoms with Crippen LogP contribution in [0.3, 0.4) is 0 Å². The summed E-state index contributed by atoms with van der Waals surface area (Å²) in [5, 5.41) is 5.96. The summed E-state index contributed by atoms with van der Waals surface area (Å²) in [6.07, 6.45) is 5.58. The van der Waals surface area contributed by atoms with Crippen molar-refractivity contribution in [1.82, 2.24) is 24.6 Å². The van der Waals surface area contributed by atoms with Crippen LogP contribution in [0.4, 0.5) is 0 Å². The van der Waals surface area contributed by atoms with Crippen LogP contribution in [0.1, 0.15) is 17.0 Å². The van der Waals surface area contributed by atoms with Crippen LogP contribution in [0, 0.1) is 0 Å². The van der Waals surface area contributed by atoms with Gasteiger partial charge < -0.3 is 14.2 Å². The minimum atomic E-state index is -0.275. The Kier molecular flexibility index (Phi) is 6.95. The molecule has 0 bridgehead atoms. The number of hydrogen-bond donors (Lipinski definition) is 0. The standard InChI is InChI=1S/C25H27N5O3/c1-28(2)13-14-29(17-20-6-5-15-33-20)24(31)18-30-25(32)22-8-4-3-7-21(22)23(27-30)16-19-9-11-26-12-10-19/h3-12,15H,13-14,16-18H2,1-2H3. The molecule has 0 spiro atoms. The lowest BCUT2D eigenvalue weighted by atomic mass is 10.1. The second-order valence-corrected chi connectivity index (χ2v) is 8.19. The number of nitrogens with zero attached hydrogens (tertiary/aromatic N) is 5. The van der Waals surface area contributed by atoms with E-state index in [1.54, 1.807) is 35.7 Å². The van der Waals surface area contributed by atoms with Crippen molar-refractivity contribution in [2.45, 2.75) is 19.5 Å². The summed E-state index contributed by atoms with van der Waals surface area (Å²) in [4.78, 5) is 34.2. The largest absolute Gasteiger partial charge is 0.467 e. The van der Waals surface area contributed by atoms with Crippen LogP contribution in [0.2, 0.25) is 0 Å². The van der Waals surface area contributed by atoms with Crippen molar-refractivity contribution in [3.8, 4) is 0 Å². The van der Waals surface area contributed by atoms with E-state index in [2.05, 4.69) is 10.1 Å². The number of carbonyl (C=O) groups excluding carboxylic acids is 1. The number of benzene rings is 1. The van der Waals surface area contributed by atoms with Crippen LogP contribution in [-0.4, -0.2) is 57.7 Å². The number of aromatic nitrogens is 3. The zero-order valence-electron chi connectivity index (χ0n) is 18.8. The Hall–Kier alpha value is -3.78. The number of carbonyl (C=O) groups is 1. The molecule has 0 saturated heterocycles. The number of hydrogen-bond acceptors (Lipinski definition) is 6. The second kappa shape index (κ2) is 10.2. The molecule has 0 atom stereocenters. The third-order valence-corrected chi connectivity index (χ3v) is 5.45. The van der Waals surface area contributed by atoms with Crippen LogP contribution >= 0.6 is 0 Å². The average molecular weight is 446 g/mol. The highest BCUT2D eigenvalue weighted by Crippen LogP contribution is 2.17. The van der Waals surface area contributed by atoms with Crippen LogP contribution in [0.15, 0.2) is 76.4 Å². The van der Waals surface area contributed by atoms with E-state index in [0.29, 0.717) is 37.2 Å². The van der Waals surface area contributed by atoms with Gasteiger partial charge in [-0.1, -0.05) is 18.2 Å². The molecule has 1 aromatic carbocycles. The van der Waals surface area contributed by atoms with Crippen LogP contribution in [0.25, 0.3) is 10.8 Å². The first-order chi connectivity index (χ1) is 16.0. The Morgan fingerprint density at radius 1 is 1.00 bits per heavy atom. The van der Waals surface area contributed by atoms with Crippen LogP contribution in [-0.2, 0) is 24.3 Å². The molecule has 8 heteroatoms. The normalized spacial score (nSPS) is 11.2. The summed E-state index contributed by atoms with van der Waals surface area (Å²) in [6, 6.07) is 14.9. The fourth-order valence-corrected chi connectivity index (χ4v) is 3.67. The Balaban J connectivity index is 1.65. The lowest BCUT2D eigenvalue weighted by Gasteiger charge is -2.24. The molecule has 1 amide bonds. The molecule has 3 heterocycles. The fourth-order valence-electron chi connectivity index (χ4n) is 3.67. The average Bonchev–Trinajstić information content (AvgIpc) is 3.33. The topological polar surface area (TPSA) is 84.5 Å². The van der Waals surface area contributed by atoms with Gasteiger partial charge in [-0.2, -0.15) is 5.10 Å². The van der Waals surface area contributed by atoms with E-state index in [0.717, 1.165) is 16.6 Å². The molecule has 4 rings (SSSR count). The Bertz CT molecular complexity index is 1270. The predicted molar refractivity (Wildman–Crippen MR) is 126 cm³/mol. The maximum Gasteiger partial charge on any atom is 0.275 e. The van der Waals surface area contributed by atoms with E-state index in [1.165, 1.54) is 4.68 Å². The van der Waals surface area contributed by atoms with Crippen molar-refractivity contribution < 1.29 is 9.21 Å². The highest BCUT2D eigenvalue weighted by Gasteiger charge is 2.19. The van der Waals surface area contributed by atoms with Gasteiger partial charge in [-0.15, -0.1) is 0 Å². The molecule has 0 aliphatic heterocycles. The Labute approximate surface area is 192 Å². The molecule has 0 aliphatic rings. The van der Waals surface area contributed by atoms with Crippen molar-refractivity contribution in [3.05, 3.63) is 94.6 Å². The Morgan fingerprint density at radius 2 is 1.76 bits per heavy atom. The van der Waals surface area contributed by atoms with Crippen LogP contribution < -0.4 is 5.56 Å². The van der Waals surface area contributed by atoms with Gasteiger partial charge in [-0.05, 0) is 50.0 Å². The van der Waals surface area contributed by atoms with Gasteiger partial charge in [0.1, 0.15) is 12.3 Å². The van der Waals surface area contributed by atoms with Gasteiger partial charge in [0.2, 0.25) is 5.91 Å². The first-order valence-electron chi connectivity index (χ1n) is 10.8. The third-order valence-electron chi connectivity index (χ3n) is 5.45. The molecular weight excluding hydrogens is 418 g/mol. The minimum Gasteiger partial charge on any atom is -0.467 e. The van der Waals surface area contributed by atoms with Gasteiger partial charge >= 0.3 is 0 Å². The number of fused-ring (bicyclic) bond motifs is 1. The first kappa shape index (κ1) is 22.4. The van der Waals surface area contributed by atoms with Gasteiger partial charge in [-0.25, -0.2) is 4.68 Å². The minimum absolute atomic E-state index is 0.138. The molecule has 0 radical (unpaired) electrons. The van der Waals surface area contributed by atoms with Crippen molar-refractivity contribution in [1.29, 1.82) is 0 Å². The maximum absolute atomic E-state index is 13.3. The number of rotatable bonds is 9. The Morgan fingerprint density at radius 3 is 2.45 bits per heavy atom. The zero-order valence-corrected chi connectivity index (χ0v) is 18.8. The van der Waals surface area contributed by atoms with Crippen LogP contribution in [0.5, 0.6) is 0 Å². The smallest absolute Gasteiger partial charge is 0.275 e. The van der Waals surface area contributed by atoms with Crippen molar-refractivity contribution in [3.63, 3.8) is 0 Å². The summed E-state index contributed by atoms with van der Waals surface area (Å²) >= 11 is 0. The van der Waals surface area contributed by atoms with Gasteiger partial charge in [0.15, 0.2) is 0 Å². The van der Waals surface area contributed by atoms with E-state index in [-0.39, 0.29) is 18.0 Å². The summed E-state index contributed by atoms with van der Waals surface area (Å²) < 4.78 is 6.73. The number of amides is 1. The van der Waals surface area contributed by atoms with Gasteiger partial charge in [0.05, 0.1) is 23.9 Å². The van der Waals surface area contributed by atoms with Crippen molar-refractivity contribution in [2.24, 2.45) is 0 Å². The molecule has 8 nitrogen and oxygen atoms in total. The molecular formula is C25H27N5O3. The van der Waals surface area contributed by atoms with E-state index >= 15 is 0 Å². The summed E-state index contributed by atoms with van der Waals surface area (Å²) in [6.45, 7) is 1.41. The predicted octanol–water partition coefficient (Wildman–Crippen LogP) is 2.57. The van der Waals surface area contributed by atoms with E-state index < -0.39 is 0 Å². The van der Waals surface area contributed by atoms with E-state index in [9.17, 15) is 9.59 Å². The molecule has 0 saturated carbocycles. The SMILES string of the molecule is CN(C)CCN(Cc1ccco1)C(=O)Cn1nc(Cc2ccncc2)c2ccccc2c1=O. The number of pyridine rings is 1. The first-order valence-corrected chi connectivity index (χ1v) is 10.8. The summed E-state index contributed by atoms with van der Waals surface area (Å²) in [7, 11) is 3.91. The molecule has 33 heavy (non-hydrogen) atoms. The molecule has 0 fully saturated rings. The van der Waals surface area contributed by atoms with Crippen molar-refractivity contribution >= 4 is 16.7 Å². The lowest BCUT2D eigenvalue weighted by Crippen LogP contribution is -2.40. The summed E-state index contributed by atoms with van der Waals surface area (Å²) in [5.41, 5.74) is 1.50. The third kappa shape index (κ3) is 5.53. The highest BCUT2D eigenvalue weighted by molar-refractivity contribution is 5.84. The molecule has 0 N–H and O–H groups in total. The van der Waals surface area contributed by atoms with E-state index in [4.69, 9.17) is 4.42 Å². The van der Waals surface area contributed by atoms with E-state index in [1.807, 2.05) is 55.4 Å². The number of likely N-dealkylation sites (N-methyl/N-ethyl adjacent to an activating group) is 1. The molecule has 0 unspecified atom stereocenters. The lowest BCUT2D eigenvalue weighted by molar-refractivity contribution is -0.133. The molecule has 3 aromatic heterocycles. The number of furan rings is 1. The molecule has 0 aliphatic carbocycles. The quantitative estimate of drug-likeness (QED) is 0.394. The summed E-state index contributed by atoms with van der Waals surface area (Å²) in [5.74, 6) is 0.507. The second-order valence-electron chi connectivity index (χ2n) is 8.19. The highest BCUT2D eigenvalue weighted by atomic mass is 16.3.